The van der Waals surface area contributed by atoms with Crippen LogP contribution in [0.25, 0.3) is 0 Å². The third-order valence-electron chi connectivity index (χ3n) is 1.09. The predicted octanol–water partition coefficient (Wildman–Crippen LogP) is -0.106. The number of hydrogen-bond acceptors (Lipinski definition) is 4. The molecule has 0 aliphatic heterocycles. The number of hydrogen-bond donors (Lipinski definition) is 1. The summed E-state index contributed by atoms with van der Waals surface area (Å²) in [5.41, 5.74) is 0. The molecule has 0 spiro atoms. The Bertz CT molecular complexity index is 190. The monoisotopic (exact) mass is 197 g/mol. The fraction of sp³-hybridized carbons (Fsp3) is 1.00. The van der Waals surface area contributed by atoms with Crippen LogP contribution in [0.2, 0.25) is 0 Å². The van der Waals surface area contributed by atoms with Gasteiger partial charge in [-0.15, -0.1) is 0 Å². The molecule has 0 saturated carbocycles. The van der Waals surface area contributed by atoms with E-state index in [0.29, 0.717) is 19.6 Å². The van der Waals surface area contributed by atoms with Gasteiger partial charge in [0.05, 0.1) is 12.4 Å². The van der Waals surface area contributed by atoms with Gasteiger partial charge in [0, 0.05) is 13.7 Å². The maximum atomic E-state index is 11.0. The van der Waals surface area contributed by atoms with Crippen LogP contribution in [0.4, 0.5) is 0 Å². The van der Waals surface area contributed by atoms with Crippen molar-refractivity contribution >= 4 is 10.0 Å². The lowest BCUT2D eigenvalue weighted by Crippen LogP contribution is -2.27. The summed E-state index contributed by atoms with van der Waals surface area (Å²) in [5, 5.41) is 0. The Morgan fingerprint density at radius 2 is 2.08 bits per heavy atom. The van der Waals surface area contributed by atoms with E-state index >= 15 is 0 Å². The fourth-order valence-corrected chi connectivity index (χ4v) is 1.46. The molecule has 0 bridgehead atoms. The highest BCUT2D eigenvalue weighted by atomic mass is 32.2. The molecule has 0 rings (SSSR count). The van der Waals surface area contributed by atoms with Crippen molar-refractivity contribution in [2.45, 2.75) is 13.3 Å². The lowest BCUT2D eigenvalue weighted by molar-refractivity contribution is 0.105. The van der Waals surface area contributed by atoms with Gasteiger partial charge in [0.15, 0.2) is 0 Å². The smallest absolute Gasteiger partial charge is 0.233 e. The normalized spacial score (nSPS) is 11.8. The average Bonchev–Trinajstić information content (AvgIpc) is 2.01. The van der Waals surface area contributed by atoms with Crippen LogP contribution in [0.3, 0.4) is 0 Å². The molecule has 6 heteroatoms. The van der Waals surface area contributed by atoms with Crippen molar-refractivity contribution in [3.8, 4) is 0 Å². The van der Waals surface area contributed by atoms with Crippen molar-refractivity contribution < 1.29 is 18.0 Å². The van der Waals surface area contributed by atoms with E-state index in [1.54, 1.807) is 6.92 Å². The molecule has 0 aromatic carbocycles. The van der Waals surface area contributed by atoms with Crippen LogP contribution in [0.5, 0.6) is 0 Å². The topological polar surface area (TPSA) is 64.6 Å². The Labute approximate surface area is 73.1 Å². The molecular weight excluding hydrogens is 182 g/mol. The third kappa shape index (κ3) is 6.53. The van der Waals surface area contributed by atoms with Gasteiger partial charge >= 0.3 is 0 Å². The van der Waals surface area contributed by atoms with Crippen LogP contribution in [0, 0.1) is 0 Å². The molecule has 0 saturated heterocycles. The molecule has 5 nitrogen and oxygen atoms in total. The standard InChI is InChI=1S/C6H15NO4S/c1-3-11-7-12(8,9)6-4-5-10-2/h7H,3-6H2,1-2H3. The van der Waals surface area contributed by atoms with Crippen LogP contribution in [0.15, 0.2) is 0 Å². The van der Waals surface area contributed by atoms with Gasteiger partial charge in [0.2, 0.25) is 10.0 Å². The summed E-state index contributed by atoms with van der Waals surface area (Å²) in [7, 11) is -1.74. The van der Waals surface area contributed by atoms with Crippen LogP contribution < -0.4 is 4.89 Å². The second-order valence-electron chi connectivity index (χ2n) is 2.18. The Morgan fingerprint density at radius 1 is 1.42 bits per heavy atom. The van der Waals surface area contributed by atoms with Gasteiger partial charge in [-0.3, -0.25) is 4.84 Å². The summed E-state index contributed by atoms with van der Waals surface area (Å²) in [5.74, 6) is 0.0286. The minimum absolute atomic E-state index is 0.0286. The van der Waals surface area contributed by atoms with Crippen LogP contribution in [0.1, 0.15) is 13.3 Å². The van der Waals surface area contributed by atoms with Crippen molar-refractivity contribution in [3.63, 3.8) is 0 Å². The molecule has 0 radical (unpaired) electrons. The Hall–Kier alpha value is -0.170. The molecule has 12 heavy (non-hydrogen) atoms. The van der Waals surface area contributed by atoms with Crippen molar-refractivity contribution in [1.82, 2.24) is 4.89 Å². The van der Waals surface area contributed by atoms with E-state index in [1.165, 1.54) is 7.11 Å². The van der Waals surface area contributed by atoms with Gasteiger partial charge < -0.3 is 4.74 Å². The molecule has 0 aliphatic carbocycles. The Balaban J connectivity index is 3.58. The molecule has 0 fully saturated rings. The molecule has 0 aliphatic rings. The number of ether oxygens (including phenoxy) is 1. The molecule has 0 unspecified atom stereocenters. The lowest BCUT2D eigenvalue weighted by Gasteiger charge is -2.04. The lowest BCUT2D eigenvalue weighted by atomic mass is 10.5. The average molecular weight is 197 g/mol. The zero-order valence-corrected chi connectivity index (χ0v) is 8.19. The minimum Gasteiger partial charge on any atom is -0.385 e. The zero-order valence-electron chi connectivity index (χ0n) is 7.37. The third-order valence-corrected chi connectivity index (χ3v) is 2.29. The summed E-state index contributed by atoms with van der Waals surface area (Å²) in [6, 6.07) is 0. The second-order valence-corrected chi connectivity index (χ2v) is 3.99. The number of rotatable bonds is 7. The Morgan fingerprint density at radius 3 is 2.58 bits per heavy atom. The minimum atomic E-state index is -3.27. The largest absolute Gasteiger partial charge is 0.385 e. The summed E-state index contributed by atoms with van der Waals surface area (Å²) in [4.78, 5) is 6.53. The summed E-state index contributed by atoms with van der Waals surface area (Å²) in [6.45, 7) is 2.47. The van der Waals surface area contributed by atoms with Gasteiger partial charge in [-0.25, -0.2) is 8.42 Å². The number of nitrogens with one attached hydrogen (secondary N) is 1. The van der Waals surface area contributed by atoms with Gasteiger partial charge in [-0.2, -0.15) is 0 Å². The van der Waals surface area contributed by atoms with E-state index in [4.69, 9.17) is 4.74 Å². The maximum absolute atomic E-state index is 11.0. The van der Waals surface area contributed by atoms with E-state index in [9.17, 15) is 8.42 Å². The second kappa shape index (κ2) is 6.36. The van der Waals surface area contributed by atoms with E-state index < -0.39 is 10.0 Å². The van der Waals surface area contributed by atoms with E-state index in [2.05, 4.69) is 4.84 Å². The maximum Gasteiger partial charge on any atom is 0.233 e. The highest BCUT2D eigenvalue weighted by Crippen LogP contribution is 1.89. The SMILES string of the molecule is CCONS(=O)(=O)CCCOC. The predicted molar refractivity (Wildman–Crippen MR) is 45.0 cm³/mol. The van der Waals surface area contributed by atoms with Crippen molar-refractivity contribution in [3.05, 3.63) is 0 Å². The molecule has 0 aromatic heterocycles. The molecule has 0 amide bonds. The number of methoxy groups -OCH3 is 1. The van der Waals surface area contributed by atoms with Crippen molar-refractivity contribution in [1.29, 1.82) is 0 Å². The zero-order chi connectivity index (χ0) is 9.45. The molecule has 1 N–H and O–H groups in total. The van der Waals surface area contributed by atoms with Crippen LogP contribution >= 0.6 is 0 Å². The quantitative estimate of drug-likeness (QED) is 0.457. The van der Waals surface area contributed by atoms with Gasteiger partial charge in [0.25, 0.3) is 0 Å². The van der Waals surface area contributed by atoms with Gasteiger partial charge in [-0.1, -0.05) is 4.89 Å². The summed E-state index contributed by atoms with van der Waals surface area (Å²) in [6.07, 6.45) is 0.471. The summed E-state index contributed by atoms with van der Waals surface area (Å²) < 4.78 is 26.7. The van der Waals surface area contributed by atoms with Crippen molar-refractivity contribution in [2.75, 3.05) is 26.1 Å². The first-order chi connectivity index (χ1) is 5.62. The molecule has 74 valence electrons. The van der Waals surface area contributed by atoms with E-state index in [1.807, 2.05) is 4.89 Å². The van der Waals surface area contributed by atoms with Crippen molar-refractivity contribution in [2.24, 2.45) is 0 Å². The fourth-order valence-electron chi connectivity index (χ4n) is 0.584. The van der Waals surface area contributed by atoms with E-state index in [-0.39, 0.29) is 5.75 Å². The first-order valence-electron chi connectivity index (χ1n) is 3.72. The highest BCUT2D eigenvalue weighted by molar-refractivity contribution is 7.89. The molecule has 0 aromatic rings. The highest BCUT2D eigenvalue weighted by Gasteiger charge is 2.08. The van der Waals surface area contributed by atoms with E-state index in [0.717, 1.165) is 0 Å². The molecule has 0 atom stereocenters. The van der Waals surface area contributed by atoms with Gasteiger partial charge in [0.1, 0.15) is 0 Å². The first kappa shape index (κ1) is 11.8. The molecule has 0 heterocycles. The van der Waals surface area contributed by atoms with Crippen LogP contribution in [-0.2, 0) is 19.6 Å². The first-order valence-corrected chi connectivity index (χ1v) is 5.38. The number of sulfonamides is 1. The van der Waals surface area contributed by atoms with Gasteiger partial charge in [-0.05, 0) is 13.3 Å². The summed E-state index contributed by atoms with van der Waals surface area (Å²) >= 11 is 0. The molecular formula is C6H15NO4S. The Kier molecular flexibility index (Phi) is 6.27. The van der Waals surface area contributed by atoms with Crippen LogP contribution in [-0.4, -0.2) is 34.5 Å².